The number of nitrogens with one attached hydrogen (secondary N) is 1. The minimum atomic E-state index is -0.479. The van der Waals surface area contributed by atoms with Gasteiger partial charge < -0.3 is 15.8 Å². The molecule has 0 fully saturated rings. The van der Waals surface area contributed by atoms with Gasteiger partial charge in [-0.15, -0.1) is 11.3 Å². The standard InChI is InChI=1S/C19H19N5O2S/c1-12-3-6-14(7-4-12)21-19-23-16(22-18(20)24-19)11-26-17(25)10-9-15-8-5-13(2)27-15/h3-10H,11H2,1-2H3,(H3,20,21,22,23,24)/b10-9+. The van der Waals surface area contributed by atoms with Gasteiger partial charge in [-0.3, -0.25) is 0 Å². The number of carbonyl (C=O) groups is 1. The van der Waals surface area contributed by atoms with Gasteiger partial charge >= 0.3 is 5.97 Å². The van der Waals surface area contributed by atoms with E-state index >= 15 is 0 Å². The third-order valence-electron chi connectivity index (χ3n) is 3.50. The molecule has 0 saturated carbocycles. The van der Waals surface area contributed by atoms with E-state index in [1.165, 1.54) is 11.0 Å². The number of nitrogens with zero attached hydrogens (tertiary/aromatic N) is 3. The molecule has 0 aliphatic rings. The number of carbonyl (C=O) groups excluding carboxylic acids is 1. The summed E-state index contributed by atoms with van der Waals surface area (Å²) in [5, 5.41) is 3.05. The summed E-state index contributed by atoms with van der Waals surface area (Å²) in [7, 11) is 0. The number of nitrogens with two attached hydrogens (primary N) is 1. The number of anilines is 3. The van der Waals surface area contributed by atoms with Gasteiger partial charge in [0.05, 0.1) is 0 Å². The Morgan fingerprint density at radius 3 is 2.63 bits per heavy atom. The zero-order chi connectivity index (χ0) is 19.2. The maximum atomic E-state index is 11.9. The van der Waals surface area contributed by atoms with Crippen molar-refractivity contribution < 1.29 is 9.53 Å². The van der Waals surface area contributed by atoms with Crippen LogP contribution in [0.2, 0.25) is 0 Å². The molecule has 1 aromatic carbocycles. The monoisotopic (exact) mass is 381 g/mol. The summed E-state index contributed by atoms with van der Waals surface area (Å²) in [6, 6.07) is 11.7. The fraction of sp³-hybridized carbons (Fsp3) is 0.158. The van der Waals surface area contributed by atoms with E-state index in [1.54, 1.807) is 17.4 Å². The number of nitrogen functional groups attached to an aromatic ring is 1. The van der Waals surface area contributed by atoms with Crippen molar-refractivity contribution in [3.05, 3.63) is 63.6 Å². The third-order valence-corrected chi connectivity index (χ3v) is 4.46. The Morgan fingerprint density at radius 2 is 1.93 bits per heavy atom. The van der Waals surface area contributed by atoms with Crippen molar-refractivity contribution in [2.24, 2.45) is 0 Å². The predicted molar refractivity (Wildman–Crippen MR) is 107 cm³/mol. The minimum absolute atomic E-state index is 0.0512. The number of hydrogen-bond acceptors (Lipinski definition) is 8. The summed E-state index contributed by atoms with van der Waals surface area (Å²) in [4.78, 5) is 26.3. The Labute approximate surface area is 161 Å². The van der Waals surface area contributed by atoms with Crippen LogP contribution in [-0.2, 0) is 16.1 Å². The molecule has 0 aliphatic carbocycles. The minimum Gasteiger partial charge on any atom is -0.454 e. The lowest BCUT2D eigenvalue weighted by Crippen LogP contribution is -2.10. The number of rotatable bonds is 6. The molecule has 138 valence electrons. The van der Waals surface area contributed by atoms with Crippen LogP contribution < -0.4 is 11.1 Å². The topological polar surface area (TPSA) is 103 Å². The van der Waals surface area contributed by atoms with Crippen LogP contribution in [0.25, 0.3) is 6.08 Å². The summed E-state index contributed by atoms with van der Waals surface area (Å²) in [5.74, 6) is 0.135. The van der Waals surface area contributed by atoms with Gasteiger partial charge in [-0.1, -0.05) is 17.7 Å². The summed E-state index contributed by atoms with van der Waals surface area (Å²) in [5.41, 5.74) is 7.70. The van der Waals surface area contributed by atoms with Crippen molar-refractivity contribution in [1.82, 2.24) is 15.0 Å². The van der Waals surface area contributed by atoms with E-state index in [-0.39, 0.29) is 18.4 Å². The molecule has 3 aromatic rings. The summed E-state index contributed by atoms with van der Waals surface area (Å²) < 4.78 is 5.18. The number of aromatic nitrogens is 3. The lowest BCUT2D eigenvalue weighted by Gasteiger charge is -2.07. The first kappa shape index (κ1) is 18.5. The van der Waals surface area contributed by atoms with Gasteiger partial charge in [0.2, 0.25) is 11.9 Å². The smallest absolute Gasteiger partial charge is 0.331 e. The molecule has 7 nitrogen and oxygen atoms in total. The van der Waals surface area contributed by atoms with E-state index in [9.17, 15) is 4.79 Å². The molecule has 27 heavy (non-hydrogen) atoms. The van der Waals surface area contributed by atoms with E-state index in [4.69, 9.17) is 10.5 Å². The first-order valence-corrected chi connectivity index (χ1v) is 9.05. The van der Waals surface area contributed by atoms with Crippen LogP contribution in [0.5, 0.6) is 0 Å². The first-order chi connectivity index (χ1) is 13.0. The Morgan fingerprint density at radius 1 is 1.15 bits per heavy atom. The third kappa shape index (κ3) is 5.61. The molecule has 0 saturated heterocycles. The number of thiophene rings is 1. The van der Waals surface area contributed by atoms with Crippen LogP contribution in [0, 0.1) is 13.8 Å². The second-order valence-corrected chi connectivity index (χ2v) is 7.13. The molecule has 3 rings (SSSR count). The normalized spacial score (nSPS) is 10.9. The van der Waals surface area contributed by atoms with Gasteiger partial charge in [0, 0.05) is 21.5 Å². The molecule has 0 radical (unpaired) electrons. The quantitative estimate of drug-likeness (QED) is 0.496. The van der Waals surface area contributed by atoms with E-state index in [0.29, 0.717) is 5.95 Å². The Hall–Kier alpha value is -3.26. The van der Waals surface area contributed by atoms with E-state index in [0.717, 1.165) is 16.1 Å². The van der Waals surface area contributed by atoms with Crippen LogP contribution in [0.4, 0.5) is 17.6 Å². The van der Waals surface area contributed by atoms with Gasteiger partial charge in [0.15, 0.2) is 12.4 Å². The number of aryl methyl sites for hydroxylation is 2. The average Bonchev–Trinajstić information content (AvgIpc) is 3.05. The van der Waals surface area contributed by atoms with Crippen molar-refractivity contribution in [2.75, 3.05) is 11.1 Å². The molecule has 8 heteroatoms. The highest BCUT2D eigenvalue weighted by Crippen LogP contribution is 2.17. The maximum absolute atomic E-state index is 11.9. The summed E-state index contributed by atoms with van der Waals surface area (Å²) in [6.07, 6.45) is 3.09. The zero-order valence-electron chi connectivity index (χ0n) is 15.0. The van der Waals surface area contributed by atoms with E-state index in [1.807, 2.05) is 50.2 Å². The molecule has 2 aromatic heterocycles. The van der Waals surface area contributed by atoms with Crippen molar-refractivity contribution in [2.45, 2.75) is 20.5 Å². The van der Waals surface area contributed by atoms with Crippen molar-refractivity contribution in [3.63, 3.8) is 0 Å². The van der Waals surface area contributed by atoms with Crippen LogP contribution in [0.15, 0.2) is 42.5 Å². The van der Waals surface area contributed by atoms with Gasteiger partial charge in [-0.2, -0.15) is 15.0 Å². The first-order valence-electron chi connectivity index (χ1n) is 8.23. The largest absolute Gasteiger partial charge is 0.454 e. The molecule has 0 spiro atoms. The fourth-order valence-electron chi connectivity index (χ4n) is 2.20. The highest BCUT2D eigenvalue weighted by Gasteiger charge is 2.07. The predicted octanol–water partition coefficient (Wildman–Crippen LogP) is 3.63. The van der Waals surface area contributed by atoms with Crippen LogP contribution in [0.3, 0.4) is 0 Å². The highest BCUT2D eigenvalue weighted by atomic mass is 32.1. The van der Waals surface area contributed by atoms with Crippen LogP contribution in [-0.4, -0.2) is 20.9 Å². The van der Waals surface area contributed by atoms with Crippen molar-refractivity contribution in [3.8, 4) is 0 Å². The Bertz CT molecular complexity index is 966. The van der Waals surface area contributed by atoms with Crippen molar-refractivity contribution >= 4 is 41.0 Å². The Balaban J connectivity index is 1.61. The molecule has 2 heterocycles. The summed E-state index contributed by atoms with van der Waals surface area (Å²) in [6.45, 7) is 3.92. The fourth-order valence-corrected chi connectivity index (χ4v) is 2.98. The van der Waals surface area contributed by atoms with Gasteiger partial charge in [0.25, 0.3) is 0 Å². The zero-order valence-corrected chi connectivity index (χ0v) is 15.8. The molecule has 0 aliphatic heterocycles. The summed E-state index contributed by atoms with van der Waals surface area (Å²) >= 11 is 1.60. The Kier molecular flexibility index (Phi) is 5.77. The second-order valence-electron chi connectivity index (χ2n) is 5.81. The molecular formula is C19H19N5O2S. The highest BCUT2D eigenvalue weighted by molar-refractivity contribution is 7.12. The molecule has 0 atom stereocenters. The lowest BCUT2D eigenvalue weighted by atomic mass is 10.2. The SMILES string of the molecule is Cc1ccc(Nc2nc(N)nc(COC(=O)/C=C/c3ccc(C)s3)n2)cc1. The van der Waals surface area contributed by atoms with Gasteiger partial charge in [-0.05, 0) is 44.2 Å². The van der Waals surface area contributed by atoms with Gasteiger partial charge in [-0.25, -0.2) is 4.79 Å². The lowest BCUT2D eigenvalue weighted by molar-refractivity contribution is -0.139. The number of esters is 1. The second kappa shape index (κ2) is 8.41. The number of ether oxygens (including phenoxy) is 1. The van der Waals surface area contributed by atoms with E-state index in [2.05, 4.69) is 20.3 Å². The number of hydrogen-bond donors (Lipinski definition) is 2. The molecule has 3 N–H and O–H groups in total. The molecule has 0 bridgehead atoms. The molecule has 0 amide bonds. The van der Waals surface area contributed by atoms with E-state index < -0.39 is 5.97 Å². The van der Waals surface area contributed by atoms with Crippen LogP contribution in [0.1, 0.15) is 21.1 Å². The van der Waals surface area contributed by atoms with Gasteiger partial charge in [0.1, 0.15) is 0 Å². The molecule has 0 unspecified atom stereocenters. The van der Waals surface area contributed by atoms with Crippen molar-refractivity contribution in [1.29, 1.82) is 0 Å². The maximum Gasteiger partial charge on any atom is 0.331 e. The average molecular weight is 381 g/mol. The number of benzene rings is 1. The van der Waals surface area contributed by atoms with Crippen LogP contribution >= 0.6 is 11.3 Å². The molecular weight excluding hydrogens is 362 g/mol.